The number of aliphatic hydroxyl groups is 2. The highest BCUT2D eigenvalue weighted by molar-refractivity contribution is 5.16. The Morgan fingerprint density at radius 2 is 1.90 bits per heavy atom. The van der Waals surface area contributed by atoms with Crippen LogP contribution in [0.3, 0.4) is 0 Å². The van der Waals surface area contributed by atoms with E-state index < -0.39 is 37.0 Å². The van der Waals surface area contributed by atoms with Gasteiger partial charge >= 0.3 is 0 Å². The first kappa shape index (κ1) is 13.9. The second kappa shape index (κ2) is 5.77. The van der Waals surface area contributed by atoms with E-state index in [0.717, 1.165) is 5.56 Å². The zero-order chi connectivity index (χ0) is 14.1. The fourth-order valence-electron chi connectivity index (χ4n) is 2.63. The number of hydrogen-bond acceptors (Lipinski definition) is 6. The van der Waals surface area contributed by atoms with Crippen LogP contribution in [0.15, 0.2) is 30.3 Å². The molecular formula is C14H18O6. The maximum Gasteiger partial charge on any atom is 0.184 e. The van der Waals surface area contributed by atoms with Crippen molar-refractivity contribution in [2.45, 2.75) is 37.0 Å². The minimum Gasteiger partial charge on any atom is -0.385 e. The van der Waals surface area contributed by atoms with E-state index in [4.69, 9.17) is 18.9 Å². The van der Waals surface area contributed by atoms with Gasteiger partial charge in [-0.15, -0.1) is 0 Å². The van der Waals surface area contributed by atoms with Gasteiger partial charge < -0.3 is 29.2 Å². The van der Waals surface area contributed by atoms with Crippen LogP contribution < -0.4 is 0 Å². The van der Waals surface area contributed by atoms with E-state index in [9.17, 15) is 10.2 Å². The van der Waals surface area contributed by atoms with E-state index in [1.54, 1.807) is 0 Å². The first-order chi connectivity index (χ1) is 9.70. The van der Waals surface area contributed by atoms with Crippen molar-refractivity contribution < 1.29 is 29.2 Å². The molecule has 2 saturated heterocycles. The van der Waals surface area contributed by atoms with Crippen LogP contribution in [0, 0.1) is 0 Å². The molecule has 1 aromatic rings. The summed E-state index contributed by atoms with van der Waals surface area (Å²) in [6.07, 6.45) is -4.56. The first-order valence-corrected chi connectivity index (χ1v) is 6.57. The van der Waals surface area contributed by atoms with Gasteiger partial charge in [0, 0.05) is 12.7 Å². The van der Waals surface area contributed by atoms with Crippen LogP contribution in [-0.2, 0) is 18.9 Å². The van der Waals surface area contributed by atoms with Crippen LogP contribution in [0.2, 0.25) is 0 Å². The Balaban J connectivity index is 1.78. The van der Waals surface area contributed by atoms with Crippen LogP contribution in [0.1, 0.15) is 11.9 Å². The van der Waals surface area contributed by atoms with Crippen molar-refractivity contribution in [1.29, 1.82) is 0 Å². The summed E-state index contributed by atoms with van der Waals surface area (Å²) in [6, 6.07) is 9.52. The lowest BCUT2D eigenvalue weighted by molar-refractivity contribution is -0.357. The minimum absolute atomic E-state index is 0.272. The van der Waals surface area contributed by atoms with Crippen LogP contribution >= 0.6 is 0 Å². The van der Waals surface area contributed by atoms with Crippen molar-refractivity contribution in [2.75, 3.05) is 13.7 Å². The molecule has 0 saturated carbocycles. The molecule has 0 aromatic heterocycles. The summed E-state index contributed by atoms with van der Waals surface area (Å²) in [4.78, 5) is 0. The molecule has 0 spiro atoms. The van der Waals surface area contributed by atoms with E-state index in [1.165, 1.54) is 7.11 Å². The van der Waals surface area contributed by atoms with E-state index in [-0.39, 0.29) is 6.61 Å². The van der Waals surface area contributed by atoms with Gasteiger partial charge in [0.05, 0.1) is 6.61 Å². The van der Waals surface area contributed by atoms with Crippen LogP contribution in [0.25, 0.3) is 0 Å². The van der Waals surface area contributed by atoms with Gasteiger partial charge in [-0.05, 0) is 0 Å². The number of fused-ring (bicyclic) bond motifs is 1. The summed E-state index contributed by atoms with van der Waals surface area (Å²) in [5, 5.41) is 19.6. The van der Waals surface area contributed by atoms with E-state index >= 15 is 0 Å². The normalized spacial score (nSPS) is 41.1. The summed E-state index contributed by atoms with van der Waals surface area (Å²) in [5.74, 6) is 0. The molecule has 2 fully saturated rings. The number of ether oxygens (including phenoxy) is 4. The van der Waals surface area contributed by atoms with Crippen molar-refractivity contribution in [2.24, 2.45) is 0 Å². The molecule has 2 aliphatic heterocycles. The zero-order valence-electron chi connectivity index (χ0n) is 11.1. The summed E-state index contributed by atoms with van der Waals surface area (Å²) < 4.78 is 22.0. The average Bonchev–Trinajstić information content (AvgIpc) is 2.49. The molecule has 20 heavy (non-hydrogen) atoms. The summed E-state index contributed by atoms with van der Waals surface area (Å²) in [7, 11) is 1.47. The summed E-state index contributed by atoms with van der Waals surface area (Å²) in [6.45, 7) is 0.272. The second-order valence-electron chi connectivity index (χ2n) is 4.93. The molecule has 3 rings (SSSR count). The monoisotopic (exact) mass is 282 g/mol. The molecule has 2 heterocycles. The number of hydrogen-bond donors (Lipinski definition) is 2. The van der Waals surface area contributed by atoms with Crippen LogP contribution in [0.5, 0.6) is 0 Å². The molecule has 0 amide bonds. The molecule has 6 atom stereocenters. The van der Waals surface area contributed by atoms with Crippen molar-refractivity contribution >= 4 is 0 Å². The van der Waals surface area contributed by atoms with Gasteiger partial charge in [-0.2, -0.15) is 0 Å². The van der Waals surface area contributed by atoms with Crippen LogP contribution in [0.4, 0.5) is 0 Å². The molecule has 4 unspecified atom stereocenters. The smallest absolute Gasteiger partial charge is 0.184 e. The van der Waals surface area contributed by atoms with E-state index in [1.807, 2.05) is 30.3 Å². The Bertz CT molecular complexity index is 439. The Labute approximate surface area is 116 Å². The lowest BCUT2D eigenvalue weighted by atomic mass is 9.98. The molecule has 0 aliphatic carbocycles. The Hall–Kier alpha value is -1.02. The fourth-order valence-corrected chi connectivity index (χ4v) is 2.63. The molecule has 2 aliphatic rings. The van der Waals surface area contributed by atoms with Gasteiger partial charge in [0.15, 0.2) is 12.6 Å². The van der Waals surface area contributed by atoms with Gasteiger partial charge in [-0.3, -0.25) is 0 Å². The van der Waals surface area contributed by atoms with Gasteiger partial charge in [-0.25, -0.2) is 0 Å². The maximum atomic E-state index is 9.91. The highest BCUT2D eigenvalue weighted by Crippen LogP contribution is 2.34. The molecule has 0 bridgehead atoms. The third-order valence-electron chi connectivity index (χ3n) is 3.67. The minimum atomic E-state index is -1.29. The lowest BCUT2D eigenvalue weighted by Gasteiger charge is -2.46. The molecular weight excluding hydrogens is 264 g/mol. The Kier molecular flexibility index (Phi) is 4.02. The molecule has 6 heteroatoms. The Morgan fingerprint density at radius 1 is 1.15 bits per heavy atom. The molecule has 110 valence electrons. The zero-order valence-corrected chi connectivity index (χ0v) is 11.1. The SMILES string of the molecule is COC1C(O)[C@H](O)OC2COC(c3ccccc3)O[C@H]21. The molecule has 1 aromatic carbocycles. The lowest BCUT2D eigenvalue weighted by Crippen LogP contribution is -2.62. The standard InChI is InChI=1S/C14H18O6/c1-17-12-10(15)13(16)19-9-7-18-14(20-11(9)12)8-5-3-2-4-6-8/h2-6,9-16H,7H2,1H3/t9?,10?,11-,12?,13-,14?/m1/s1. The third-order valence-corrected chi connectivity index (χ3v) is 3.67. The van der Waals surface area contributed by atoms with Crippen molar-refractivity contribution in [3.63, 3.8) is 0 Å². The molecule has 6 nitrogen and oxygen atoms in total. The second-order valence-corrected chi connectivity index (χ2v) is 4.93. The van der Waals surface area contributed by atoms with Gasteiger partial charge in [0.25, 0.3) is 0 Å². The van der Waals surface area contributed by atoms with Gasteiger partial charge in [-0.1, -0.05) is 30.3 Å². The quantitative estimate of drug-likeness (QED) is 0.806. The van der Waals surface area contributed by atoms with Crippen molar-refractivity contribution in [3.05, 3.63) is 35.9 Å². The van der Waals surface area contributed by atoms with Crippen LogP contribution in [-0.4, -0.2) is 54.6 Å². The highest BCUT2D eigenvalue weighted by Gasteiger charge is 2.49. The molecule has 0 radical (unpaired) electrons. The summed E-state index contributed by atoms with van der Waals surface area (Å²) in [5.41, 5.74) is 0.890. The number of benzene rings is 1. The van der Waals surface area contributed by atoms with E-state index in [0.29, 0.717) is 0 Å². The van der Waals surface area contributed by atoms with Crippen molar-refractivity contribution in [1.82, 2.24) is 0 Å². The van der Waals surface area contributed by atoms with Gasteiger partial charge in [0.2, 0.25) is 0 Å². The number of rotatable bonds is 2. The predicted octanol–water partition coefficient (Wildman–Crippen LogP) is 0.194. The predicted molar refractivity (Wildman–Crippen MR) is 67.7 cm³/mol. The first-order valence-electron chi connectivity index (χ1n) is 6.57. The Morgan fingerprint density at radius 3 is 2.60 bits per heavy atom. The molecule has 2 N–H and O–H groups in total. The van der Waals surface area contributed by atoms with Gasteiger partial charge in [0.1, 0.15) is 24.4 Å². The number of methoxy groups -OCH3 is 1. The number of aliphatic hydroxyl groups excluding tert-OH is 2. The van der Waals surface area contributed by atoms with E-state index in [2.05, 4.69) is 0 Å². The maximum absolute atomic E-state index is 9.91. The third kappa shape index (κ3) is 2.46. The summed E-state index contributed by atoms with van der Waals surface area (Å²) >= 11 is 0. The fraction of sp³-hybridized carbons (Fsp3) is 0.571. The average molecular weight is 282 g/mol. The highest BCUT2D eigenvalue weighted by atomic mass is 16.7. The largest absolute Gasteiger partial charge is 0.385 e. The topological polar surface area (TPSA) is 77.4 Å². The van der Waals surface area contributed by atoms with Crippen molar-refractivity contribution in [3.8, 4) is 0 Å².